The maximum absolute atomic E-state index is 11.3. The molecule has 2 nitrogen and oxygen atoms in total. The number of alkyl halides is 1. The molecule has 1 atom stereocenters. The van der Waals surface area contributed by atoms with Crippen molar-refractivity contribution in [1.82, 2.24) is 0 Å². The minimum absolute atomic E-state index is 0.0991. The summed E-state index contributed by atoms with van der Waals surface area (Å²) in [5.41, 5.74) is 0. The monoisotopic (exact) mass is 292 g/mol. The highest BCUT2D eigenvalue weighted by Crippen LogP contribution is 2.15. The van der Waals surface area contributed by atoms with Crippen LogP contribution in [0.4, 0.5) is 0 Å². The summed E-state index contributed by atoms with van der Waals surface area (Å²) in [6.45, 7) is 0. The van der Waals surface area contributed by atoms with Gasteiger partial charge in [0.2, 0.25) is 0 Å². The largest absolute Gasteiger partial charge is 0.299 e. The van der Waals surface area contributed by atoms with Crippen molar-refractivity contribution in [2.45, 2.75) is 36.0 Å². The van der Waals surface area contributed by atoms with Gasteiger partial charge in [0.15, 0.2) is 5.78 Å². The number of carbonyl (C=O) groups excluding carboxylic acids is 2. The molecule has 3 heteroatoms. The molecule has 0 heterocycles. The molecule has 1 aliphatic carbocycles. The lowest BCUT2D eigenvalue weighted by molar-refractivity contribution is -0.118. The Balaban J connectivity index is 2.57. The quantitative estimate of drug-likeness (QED) is 0.507. The SMILES string of the molecule is O=C1C/C=C/C(=O)C(I)CCCC1. The van der Waals surface area contributed by atoms with Gasteiger partial charge in [-0.1, -0.05) is 35.1 Å². The van der Waals surface area contributed by atoms with Gasteiger partial charge >= 0.3 is 0 Å². The van der Waals surface area contributed by atoms with Gasteiger partial charge in [-0.05, 0) is 18.9 Å². The maximum Gasteiger partial charge on any atom is 0.168 e. The third-order valence-corrected chi connectivity index (χ3v) is 3.34. The van der Waals surface area contributed by atoms with E-state index in [1.54, 1.807) is 12.2 Å². The van der Waals surface area contributed by atoms with Crippen molar-refractivity contribution in [3.8, 4) is 0 Å². The second-order valence-corrected chi connectivity index (χ2v) is 4.76. The lowest BCUT2D eigenvalue weighted by Crippen LogP contribution is -2.12. The Hall–Kier alpha value is -0.190. The van der Waals surface area contributed by atoms with Crippen molar-refractivity contribution in [2.75, 3.05) is 0 Å². The fourth-order valence-corrected chi connectivity index (χ4v) is 1.95. The minimum atomic E-state index is 0.0991. The highest BCUT2D eigenvalue weighted by molar-refractivity contribution is 14.1. The third kappa shape index (κ3) is 4.02. The Morgan fingerprint density at radius 1 is 1.31 bits per heavy atom. The van der Waals surface area contributed by atoms with Crippen molar-refractivity contribution < 1.29 is 9.59 Å². The van der Waals surface area contributed by atoms with E-state index >= 15 is 0 Å². The first kappa shape index (κ1) is 10.9. The molecule has 0 radical (unpaired) electrons. The van der Waals surface area contributed by atoms with Crippen LogP contribution in [-0.2, 0) is 9.59 Å². The summed E-state index contributed by atoms with van der Waals surface area (Å²) >= 11 is 2.17. The summed E-state index contributed by atoms with van der Waals surface area (Å²) in [4.78, 5) is 22.5. The van der Waals surface area contributed by atoms with Crippen molar-refractivity contribution in [3.63, 3.8) is 0 Å². The first-order valence-corrected chi connectivity index (χ1v) is 5.81. The standard InChI is InChI=1S/C10H13IO2/c11-9-6-2-1-4-8(12)5-3-7-10(9)13/h3,7,9H,1-2,4-6H2/b7-3+. The van der Waals surface area contributed by atoms with Gasteiger partial charge in [0.25, 0.3) is 0 Å². The topological polar surface area (TPSA) is 34.1 Å². The van der Waals surface area contributed by atoms with E-state index in [2.05, 4.69) is 22.6 Å². The van der Waals surface area contributed by atoms with E-state index in [9.17, 15) is 9.59 Å². The van der Waals surface area contributed by atoms with Gasteiger partial charge in [0, 0.05) is 12.8 Å². The van der Waals surface area contributed by atoms with Crippen molar-refractivity contribution >= 4 is 34.2 Å². The number of hydrogen-bond donors (Lipinski definition) is 0. The Morgan fingerprint density at radius 3 is 2.85 bits per heavy atom. The van der Waals surface area contributed by atoms with E-state index in [0.717, 1.165) is 19.3 Å². The molecule has 0 amide bonds. The molecule has 0 bridgehead atoms. The lowest BCUT2D eigenvalue weighted by atomic mass is 10.0. The second-order valence-electron chi connectivity index (χ2n) is 3.26. The zero-order valence-corrected chi connectivity index (χ0v) is 9.62. The Labute approximate surface area is 91.9 Å². The van der Waals surface area contributed by atoms with E-state index < -0.39 is 0 Å². The minimum Gasteiger partial charge on any atom is -0.299 e. The van der Waals surface area contributed by atoms with Gasteiger partial charge in [-0.2, -0.15) is 0 Å². The van der Waals surface area contributed by atoms with Crippen LogP contribution in [0.25, 0.3) is 0 Å². The summed E-state index contributed by atoms with van der Waals surface area (Å²) in [6.07, 6.45) is 7.16. The Bertz CT molecular complexity index is 233. The molecule has 0 fully saturated rings. The number of rotatable bonds is 0. The zero-order valence-electron chi connectivity index (χ0n) is 7.46. The average Bonchev–Trinajstić information content (AvgIpc) is 2.11. The van der Waals surface area contributed by atoms with Gasteiger partial charge in [-0.15, -0.1) is 0 Å². The Morgan fingerprint density at radius 2 is 2.08 bits per heavy atom. The van der Waals surface area contributed by atoms with Crippen molar-refractivity contribution in [2.24, 2.45) is 0 Å². The molecule has 0 aromatic rings. The molecule has 0 saturated carbocycles. The molecule has 0 N–H and O–H groups in total. The number of halogens is 1. The van der Waals surface area contributed by atoms with Crippen LogP contribution in [0.1, 0.15) is 32.1 Å². The summed E-state index contributed by atoms with van der Waals surface area (Å²) < 4.78 is 0.0991. The average molecular weight is 292 g/mol. The highest BCUT2D eigenvalue weighted by Gasteiger charge is 2.12. The molecule has 0 aliphatic heterocycles. The van der Waals surface area contributed by atoms with E-state index in [1.807, 2.05) is 0 Å². The van der Waals surface area contributed by atoms with Crippen LogP contribution < -0.4 is 0 Å². The predicted molar refractivity (Wildman–Crippen MR) is 60.0 cm³/mol. The number of Topliss-reactive ketones (excluding diaryl/α,β-unsaturated/α-hetero) is 1. The maximum atomic E-state index is 11.3. The van der Waals surface area contributed by atoms with Crippen LogP contribution in [-0.4, -0.2) is 15.5 Å². The van der Waals surface area contributed by atoms with Crippen LogP contribution in [0.5, 0.6) is 0 Å². The highest BCUT2D eigenvalue weighted by atomic mass is 127. The normalized spacial score (nSPS) is 28.5. The van der Waals surface area contributed by atoms with Gasteiger partial charge in [-0.3, -0.25) is 9.59 Å². The first-order chi connectivity index (χ1) is 6.20. The van der Waals surface area contributed by atoms with Crippen LogP contribution in [0.15, 0.2) is 12.2 Å². The van der Waals surface area contributed by atoms with E-state index in [0.29, 0.717) is 12.8 Å². The molecule has 72 valence electrons. The summed E-state index contributed by atoms with van der Waals surface area (Å²) in [7, 11) is 0. The van der Waals surface area contributed by atoms with E-state index in [4.69, 9.17) is 0 Å². The number of ketones is 2. The van der Waals surface area contributed by atoms with Crippen LogP contribution in [0.3, 0.4) is 0 Å². The third-order valence-electron chi connectivity index (χ3n) is 2.10. The van der Waals surface area contributed by atoms with Gasteiger partial charge < -0.3 is 0 Å². The van der Waals surface area contributed by atoms with Gasteiger partial charge in [0.1, 0.15) is 5.78 Å². The molecule has 0 spiro atoms. The smallest absolute Gasteiger partial charge is 0.168 e. The Kier molecular flexibility index (Phi) is 4.62. The number of allylic oxidation sites excluding steroid dienone is 2. The molecule has 0 saturated heterocycles. The molecule has 1 aliphatic rings. The molecule has 1 rings (SSSR count). The van der Waals surface area contributed by atoms with Crippen molar-refractivity contribution in [3.05, 3.63) is 12.2 Å². The van der Waals surface area contributed by atoms with Gasteiger partial charge in [-0.25, -0.2) is 0 Å². The van der Waals surface area contributed by atoms with Crippen LogP contribution in [0, 0.1) is 0 Å². The molecular formula is C10H13IO2. The molecule has 1 unspecified atom stereocenters. The number of carbonyl (C=O) groups is 2. The molecule has 0 aromatic carbocycles. The van der Waals surface area contributed by atoms with Crippen LogP contribution in [0.2, 0.25) is 0 Å². The van der Waals surface area contributed by atoms with Crippen LogP contribution >= 0.6 is 22.6 Å². The predicted octanol–water partition coefficient (Wildman–Crippen LogP) is 2.45. The van der Waals surface area contributed by atoms with E-state index in [-0.39, 0.29) is 15.5 Å². The van der Waals surface area contributed by atoms with Gasteiger partial charge in [0.05, 0.1) is 3.92 Å². The van der Waals surface area contributed by atoms with E-state index in [1.165, 1.54) is 0 Å². The fraction of sp³-hybridized carbons (Fsp3) is 0.600. The molecule has 0 aromatic heterocycles. The second kappa shape index (κ2) is 5.52. The summed E-state index contributed by atoms with van der Waals surface area (Å²) in [6, 6.07) is 0. The molecular weight excluding hydrogens is 279 g/mol. The van der Waals surface area contributed by atoms with Crippen molar-refractivity contribution in [1.29, 1.82) is 0 Å². The zero-order chi connectivity index (χ0) is 9.68. The summed E-state index contributed by atoms with van der Waals surface area (Å²) in [5.74, 6) is 0.395. The lowest BCUT2D eigenvalue weighted by Gasteiger charge is -2.07. The fourth-order valence-electron chi connectivity index (χ4n) is 1.30. The molecule has 13 heavy (non-hydrogen) atoms. The first-order valence-electron chi connectivity index (χ1n) is 4.56. The summed E-state index contributed by atoms with van der Waals surface area (Å²) in [5, 5.41) is 0. The number of hydrogen-bond acceptors (Lipinski definition) is 2.